The van der Waals surface area contributed by atoms with Gasteiger partial charge in [0, 0.05) is 58.4 Å². The highest BCUT2D eigenvalue weighted by molar-refractivity contribution is 5.92. The SMILES string of the molecule is CC(=O)N1CCCC(N(CCNC(=O)c2ocnc2C)C2CCOCC2)C1. The molecule has 0 aliphatic carbocycles. The number of aromatic nitrogens is 1. The molecule has 2 aliphatic rings. The van der Waals surface area contributed by atoms with E-state index in [9.17, 15) is 9.59 Å². The molecule has 0 bridgehead atoms. The average molecular weight is 378 g/mol. The number of nitrogens with zero attached hydrogens (tertiary/aromatic N) is 3. The number of ether oxygens (including phenoxy) is 1. The number of oxazole rings is 1. The molecule has 2 aliphatic heterocycles. The van der Waals surface area contributed by atoms with Crippen LogP contribution in [0.4, 0.5) is 0 Å². The second-order valence-electron chi connectivity index (χ2n) is 7.37. The molecule has 2 fully saturated rings. The van der Waals surface area contributed by atoms with Gasteiger partial charge in [-0.05, 0) is 32.6 Å². The van der Waals surface area contributed by atoms with Gasteiger partial charge in [-0.25, -0.2) is 4.98 Å². The maximum Gasteiger partial charge on any atom is 0.289 e. The minimum atomic E-state index is -0.231. The summed E-state index contributed by atoms with van der Waals surface area (Å²) in [6.07, 6.45) is 5.37. The molecular weight excluding hydrogens is 348 g/mol. The molecule has 1 N–H and O–H groups in total. The van der Waals surface area contributed by atoms with Gasteiger partial charge in [0.05, 0.1) is 5.69 Å². The first kappa shape index (κ1) is 19.8. The summed E-state index contributed by atoms with van der Waals surface area (Å²) in [4.78, 5) is 32.5. The number of aryl methyl sites for hydroxylation is 1. The number of piperidine rings is 1. The fraction of sp³-hybridized carbons (Fsp3) is 0.737. The largest absolute Gasteiger partial charge is 0.438 e. The van der Waals surface area contributed by atoms with E-state index in [0.29, 0.717) is 24.3 Å². The third-order valence-corrected chi connectivity index (χ3v) is 5.58. The number of likely N-dealkylation sites (tertiary alicyclic amines) is 1. The molecule has 27 heavy (non-hydrogen) atoms. The van der Waals surface area contributed by atoms with Crippen LogP contribution in [0.25, 0.3) is 0 Å². The summed E-state index contributed by atoms with van der Waals surface area (Å²) >= 11 is 0. The lowest BCUT2D eigenvalue weighted by Gasteiger charge is -2.44. The molecule has 0 saturated carbocycles. The molecule has 0 aromatic carbocycles. The average Bonchev–Trinajstić information content (AvgIpc) is 3.12. The zero-order valence-corrected chi connectivity index (χ0v) is 16.3. The third-order valence-electron chi connectivity index (χ3n) is 5.58. The Balaban J connectivity index is 1.60. The van der Waals surface area contributed by atoms with Gasteiger partial charge in [-0.1, -0.05) is 0 Å². The Kier molecular flexibility index (Phi) is 6.84. The van der Waals surface area contributed by atoms with Crippen LogP contribution < -0.4 is 5.32 Å². The first-order valence-corrected chi connectivity index (χ1v) is 9.83. The fourth-order valence-corrected chi connectivity index (χ4v) is 4.09. The number of carbonyl (C=O) groups is 2. The number of hydrogen-bond acceptors (Lipinski definition) is 6. The molecule has 8 nitrogen and oxygen atoms in total. The number of nitrogens with one attached hydrogen (secondary N) is 1. The Labute approximate surface area is 160 Å². The highest BCUT2D eigenvalue weighted by Gasteiger charge is 2.31. The van der Waals surface area contributed by atoms with Gasteiger partial charge in [0.25, 0.3) is 5.91 Å². The van der Waals surface area contributed by atoms with Gasteiger partial charge in [-0.3, -0.25) is 14.5 Å². The van der Waals surface area contributed by atoms with Crippen molar-refractivity contribution in [3.8, 4) is 0 Å². The van der Waals surface area contributed by atoms with E-state index in [4.69, 9.17) is 9.15 Å². The molecule has 3 heterocycles. The van der Waals surface area contributed by atoms with E-state index in [1.807, 2.05) is 4.90 Å². The zero-order chi connectivity index (χ0) is 19.2. The Morgan fingerprint density at radius 3 is 2.74 bits per heavy atom. The van der Waals surface area contributed by atoms with Crippen molar-refractivity contribution in [2.45, 2.75) is 51.6 Å². The first-order chi connectivity index (χ1) is 13.1. The highest BCUT2D eigenvalue weighted by atomic mass is 16.5. The quantitative estimate of drug-likeness (QED) is 0.800. The van der Waals surface area contributed by atoms with Crippen LogP contribution in [0.2, 0.25) is 0 Å². The minimum absolute atomic E-state index is 0.140. The van der Waals surface area contributed by atoms with Crippen LogP contribution in [-0.2, 0) is 9.53 Å². The Morgan fingerprint density at radius 2 is 2.07 bits per heavy atom. The molecule has 0 radical (unpaired) electrons. The van der Waals surface area contributed by atoms with Crippen molar-refractivity contribution in [2.24, 2.45) is 0 Å². The Hall–Kier alpha value is -1.93. The van der Waals surface area contributed by atoms with Crippen LogP contribution in [0.3, 0.4) is 0 Å². The lowest BCUT2D eigenvalue weighted by Crippen LogP contribution is -2.55. The summed E-state index contributed by atoms with van der Waals surface area (Å²) in [7, 11) is 0. The number of hydrogen-bond donors (Lipinski definition) is 1. The summed E-state index contributed by atoms with van der Waals surface area (Å²) in [6.45, 7) is 7.83. The van der Waals surface area contributed by atoms with Gasteiger partial charge in [0.1, 0.15) is 0 Å². The van der Waals surface area contributed by atoms with Crippen LogP contribution in [0, 0.1) is 6.92 Å². The van der Waals surface area contributed by atoms with Crippen LogP contribution in [0.15, 0.2) is 10.8 Å². The molecule has 2 amide bonds. The first-order valence-electron chi connectivity index (χ1n) is 9.83. The van der Waals surface area contributed by atoms with Crippen molar-refractivity contribution in [3.63, 3.8) is 0 Å². The predicted octanol–water partition coefficient (Wildman–Crippen LogP) is 1.20. The van der Waals surface area contributed by atoms with E-state index < -0.39 is 0 Å². The summed E-state index contributed by atoms with van der Waals surface area (Å²) in [6, 6.07) is 0.759. The minimum Gasteiger partial charge on any atom is -0.438 e. The second kappa shape index (κ2) is 9.32. The molecule has 1 unspecified atom stereocenters. The van der Waals surface area contributed by atoms with E-state index >= 15 is 0 Å². The van der Waals surface area contributed by atoms with E-state index in [0.717, 1.165) is 58.5 Å². The molecule has 1 atom stereocenters. The zero-order valence-electron chi connectivity index (χ0n) is 16.3. The van der Waals surface area contributed by atoms with Gasteiger partial charge >= 0.3 is 0 Å². The van der Waals surface area contributed by atoms with E-state index in [1.165, 1.54) is 6.39 Å². The van der Waals surface area contributed by atoms with Gasteiger partial charge in [0.15, 0.2) is 6.39 Å². The van der Waals surface area contributed by atoms with Crippen molar-refractivity contribution in [1.29, 1.82) is 0 Å². The van der Waals surface area contributed by atoms with E-state index in [2.05, 4.69) is 15.2 Å². The topological polar surface area (TPSA) is 87.9 Å². The fourth-order valence-electron chi connectivity index (χ4n) is 4.09. The van der Waals surface area contributed by atoms with Gasteiger partial charge in [-0.2, -0.15) is 0 Å². The van der Waals surface area contributed by atoms with Gasteiger partial charge < -0.3 is 19.4 Å². The van der Waals surface area contributed by atoms with Gasteiger partial charge in [0.2, 0.25) is 11.7 Å². The van der Waals surface area contributed by atoms with Crippen LogP contribution in [-0.4, -0.2) is 78.1 Å². The molecule has 1 aromatic heterocycles. The van der Waals surface area contributed by atoms with Crippen molar-refractivity contribution in [1.82, 2.24) is 20.1 Å². The monoisotopic (exact) mass is 378 g/mol. The predicted molar refractivity (Wildman–Crippen MR) is 99.4 cm³/mol. The van der Waals surface area contributed by atoms with E-state index in [1.54, 1.807) is 13.8 Å². The lowest BCUT2D eigenvalue weighted by molar-refractivity contribution is -0.131. The Bertz CT molecular complexity index is 641. The normalized spacial score (nSPS) is 21.4. The lowest BCUT2D eigenvalue weighted by atomic mass is 9.98. The van der Waals surface area contributed by atoms with Crippen LogP contribution in [0.5, 0.6) is 0 Å². The van der Waals surface area contributed by atoms with Crippen molar-refractivity contribution in [2.75, 3.05) is 39.4 Å². The van der Waals surface area contributed by atoms with Crippen LogP contribution >= 0.6 is 0 Å². The smallest absolute Gasteiger partial charge is 0.289 e. The molecule has 3 rings (SSSR count). The summed E-state index contributed by atoms with van der Waals surface area (Å²) in [5.41, 5.74) is 0.596. The maximum atomic E-state index is 12.3. The van der Waals surface area contributed by atoms with E-state index in [-0.39, 0.29) is 17.6 Å². The van der Waals surface area contributed by atoms with Crippen LogP contribution in [0.1, 0.15) is 48.9 Å². The number of carbonyl (C=O) groups excluding carboxylic acids is 2. The molecular formula is C19H30N4O4. The maximum absolute atomic E-state index is 12.3. The molecule has 0 spiro atoms. The van der Waals surface area contributed by atoms with Gasteiger partial charge in [-0.15, -0.1) is 0 Å². The number of rotatable bonds is 6. The molecule has 1 aromatic rings. The molecule has 2 saturated heterocycles. The van der Waals surface area contributed by atoms with Crippen molar-refractivity contribution >= 4 is 11.8 Å². The Morgan fingerprint density at radius 1 is 1.30 bits per heavy atom. The third kappa shape index (κ3) is 5.07. The summed E-state index contributed by atoms with van der Waals surface area (Å²) < 4.78 is 10.7. The van der Waals surface area contributed by atoms with Crippen molar-refractivity contribution < 1.29 is 18.7 Å². The summed E-state index contributed by atoms with van der Waals surface area (Å²) in [5, 5.41) is 2.94. The van der Waals surface area contributed by atoms with Crippen molar-refractivity contribution in [3.05, 3.63) is 17.8 Å². The summed E-state index contributed by atoms with van der Waals surface area (Å²) in [5.74, 6) is 0.180. The second-order valence-corrected chi connectivity index (χ2v) is 7.37. The molecule has 8 heteroatoms. The standard InChI is InChI=1S/C19H30N4O4/c1-14-18(27-13-21-14)19(25)20-7-9-23(16-5-10-26-11-6-16)17-4-3-8-22(12-17)15(2)24/h13,16-17H,3-12H2,1-2H3,(H,20,25). The highest BCUT2D eigenvalue weighted by Crippen LogP contribution is 2.23. The molecule has 150 valence electrons. The number of amides is 2.